The van der Waals surface area contributed by atoms with Gasteiger partial charge in [-0.15, -0.1) is 0 Å². The van der Waals surface area contributed by atoms with E-state index in [1.54, 1.807) is 20.8 Å². The molecule has 5 heteroatoms. The van der Waals surface area contributed by atoms with Crippen molar-refractivity contribution in [3.63, 3.8) is 0 Å². The molecule has 0 radical (unpaired) electrons. The van der Waals surface area contributed by atoms with E-state index in [0.717, 1.165) is 0 Å². The Balaban J connectivity index is 2.85. The minimum Gasteiger partial charge on any atom is -0.459 e. The van der Waals surface area contributed by atoms with E-state index in [9.17, 15) is 4.79 Å². The molecular formula is C11H13N3O2. The minimum absolute atomic E-state index is 0.305. The zero-order valence-electron chi connectivity index (χ0n) is 9.47. The Kier molecular flexibility index (Phi) is 3.56. The van der Waals surface area contributed by atoms with E-state index in [-0.39, 0.29) is 0 Å². The van der Waals surface area contributed by atoms with Gasteiger partial charge in [-0.25, -0.2) is 0 Å². The van der Waals surface area contributed by atoms with Crippen LogP contribution in [-0.4, -0.2) is 21.5 Å². The second kappa shape index (κ2) is 4.71. The Hall–Kier alpha value is -1.96. The summed E-state index contributed by atoms with van der Waals surface area (Å²) < 4.78 is 5.12. The Morgan fingerprint density at radius 1 is 1.50 bits per heavy atom. The number of carbonyl (C=O) groups is 1. The molecular weight excluding hydrogens is 206 g/mol. The molecule has 0 N–H and O–H groups in total. The summed E-state index contributed by atoms with van der Waals surface area (Å²) >= 11 is 0. The fraction of sp³-hybridized carbons (Fsp3) is 0.455. The molecule has 1 heterocycles. The van der Waals surface area contributed by atoms with Crippen LogP contribution in [0.5, 0.6) is 0 Å². The van der Waals surface area contributed by atoms with Crippen molar-refractivity contribution < 1.29 is 9.53 Å². The van der Waals surface area contributed by atoms with Gasteiger partial charge in [0.25, 0.3) is 0 Å². The van der Waals surface area contributed by atoms with E-state index in [0.29, 0.717) is 5.69 Å². The maximum atomic E-state index is 11.7. The molecule has 0 spiro atoms. The normalized spacial score (nSPS) is 12.6. The van der Waals surface area contributed by atoms with Gasteiger partial charge in [0.2, 0.25) is 0 Å². The average Bonchev–Trinajstić information content (AvgIpc) is 2.17. The molecule has 0 amide bonds. The molecule has 0 aliphatic heterocycles. The lowest BCUT2D eigenvalue weighted by Crippen LogP contribution is -2.27. The number of aromatic nitrogens is 2. The molecule has 16 heavy (non-hydrogen) atoms. The topological polar surface area (TPSA) is 75.9 Å². The van der Waals surface area contributed by atoms with Crippen LogP contribution in [0.2, 0.25) is 0 Å². The first-order valence-electron chi connectivity index (χ1n) is 4.82. The first kappa shape index (κ1) is 12.1. The van der Waals surface area contributed by atoms with Crippen LogP contribution in [0.1, 0.15) is 32.4 Å². The highest BCUT2D eigenvalue weighted by atomic mass is 16.6. The molecule has 0 aliphatic rings. The zero-order valence-corrected chi connectivity index (χ0v) is 9.47. The van der Waals surface area contributed by atoms with Crippen molar-refractivity contribution in [2.24, 2.45) is 0 Å². The largest absolute Gasteiger partial charge is 0.459 e. The monoisotopic (exact) mass is 219 g/mol. The molecule has 0 saturated carbocycles. The number of carbonyl (C=O) groups excluding carboxylic acids is 1. The van der Waals surface area contributed by atoms with Gasteiger partial charge in [0.05, 0.1) is 18.0 Å². The summed E-state index contributed by atoms with van der Waals surface area (Å²) in [5.74, 6) is -1.62. The van der Waals surface area contributed by atoms with E-state index in [1.165, 1.54) is 18.6 Å². The van der Waals surface area contributed by atoms with Crippen molar-refractivity contribution in [3.8, 4) is 6.07 Å². The van der Waals surface area contributed by atoms with Gasteiger partial charge in [-0.1, -0.05) is 0 Å². The van der Waals surface area contributed by atoms with Crippen molar-refractivity contribution in [3.05, 3.63) is 24.3 Å². The van der Waals surface area contributed by atoms with E-state index >= 15 is 0 Å². The van der Waals surface area contributed by atoms with E-state index in [1.807, 2.05) is 6.07 Å². The molecule has 1 aromatic heterocycles. The number of nitrogens with zero attached hydrogens (tertiary/aromatic N) is 3. The summed E-state index contributed by atoms with van der Waals surface area (Å²) in [5, 5.41) is 8.93. The molecule has 0 fully saturated rings. The highest BCUT2D eigenvalue weighted by Crippen LogP contribution is 2.17. The van der Waals surface area contributed by atoms with Crippen LogP contribution in [0.25, 0.3) is 0 Å². The van der Waals surface area contributed by atoms with Crippen molar-refractivity contribution >= 4 is 5.97 Å². The van der Waals surface area contributed by atoms with Crippen molar-refractivity contribution in [1.29, 1.82) is 5.26 Å². The van der Waals surface area contributed by atoms with Gasteiger partial charge in [0.15, 0.2) is 5.92 Å². The SMILES string of the molecule is CC(C)(C)OC(=O)[C@H](C#N)c1cnccn1. The van der Waals surface area contributed by atoms with Crippen LogP contribution in [0.3, 0.4) is 0 Å². The standard InChI is InChI=1S/C11H13N3O2/c1-11(2,3)16-10(15)8(6-12)9-7-13-4-5-14-9/h4-5,7-8H,1-3H3/t8-/m1/s1. The zero-order chi connectivity index (χ0) is 12.2. The maximum Gasteiger partial charge on any atom is 0.330 e. The van der Waals surface area contributed by atoms with E-state index < -0.39 is 17.5 Å². The van der Waals surface area contributed by atoms with Gasteiger partial charge in [0.1, 0.15) is 5.60 Å². The van der Waals surface area contributed by atoms with Crippen LogP contribution < -0.4 is 0 Å². The lowest BCUT2D eigenvalue weighted by atomic mass is 10.1. The third-order valence-electron chi connectivity index (χ3n) is 1.65. The molecule has 1 rings (SSSR count). The highest BCUT2D eigenvalue weighted by molar-refractivity contribution is 5.80. The number of ether oxygens (including phenoxy) is 1. The van der Waals surface area contributed by atoms with Gasteiger partial charge < -0.3 is 4.74 Å². The molecule has 0 unspecified atom stereocenters. The summed E-state index contributed by atoms with van der Waals surface area (Å²) in [6.45, 7) is 5.24. The van der Waals surface area contributed by atoms with Gasteiger partial charge >= 0.3 is 5.97 Å². The Morgan fingerprint density at radius 2 is 2.19 bits per heavy atom. The molecule has 5 nitrogen and oxygen atoms in total. The third kappa shape index (κ3) is 3.31. The molecule has 0 bridgehead atoms. The third-order valence-corrected chi connectivity index (χ3v) is 1.65. The predicted molar refractivity (Wildman–Crippen MR) is 56.2 cm³/mol. The van der Waals surface area contributed by atoms with E-state index in [2.05, 4.69) is 9.97 Å². The summed E-state index contributed by atoms with van der Waals surface area (Å²) in [6.07, 6.45) is 4.30. The Morgan fingerprint density at radius 3 is 2.62 bits per heavy atom. The quantitative estimate of drug-likeness (QED) is 0.703. The van der Waals surface area contributed by atoms with Gasteiger partial charge in [-0.3, -0.25) is 14.8 Å². The van der Waals surface area contributed by atoms with Crippen molar-refractivity contribution in [2.45, 2.75) is 32.3 Å². The summed E-state index contributed by atoms with van der Waals surface area (Å²) in [6, 6.07) is 1.86. The Bertz CT molecular complexity index is 403. The van der Waals surface area contributed by atoms with Crippen LogP contribution >= 0.6 is 0 Å². The van der Waals surface area contributed by atoms with Crippen molar-refractivity contribution in [1.82, 2.24) is 9.97 Å². The fourth-order valence-corrected chi connectivity index (χ4v) is 1.06. The summed E-state index contributed by atoms with van der Waals surface area (Å²) in [5.41, 5.74) is -0.312. The average molecular weight is 219 g/mol. The Labute approximate surface area is 94.1 Å². The second-order valence-electron chi connectivity index (χ2n) is 4.23. The first-order chi connectivity index (χ1) is 7.44. The molecule has 1 atom stereocenters. The van der Waals surface area contributed by atoms with Crippen LogP contribution in [0, 0.1) is 11.3 Å². The predicted octanol–water partition coefficient (Wildman–Crippen LogP) is 1.43. The fourth-order valence-electron chi connectivity index (χ4n) is 1.06. The van der Waals surface area contributed by atoms with Gasteiger partial charge in [-0.05, 0) is 20.8 Å². The minimum atomic E-state index is -1.02. The number of rotatable bonds is 2. The van der Waals surface area contributed by atoms with Crippen LogP contribution in [0.15, 0.2) is 18.6 Å². The lowest BCUT2D eigenvalue weighted by molar-refractivity contribution is -0.155. The molecule has 84 valence electrons. The number of hydrogen-bond acceptors (Lipinski definition) is 5. The number of hydrogen-bond donors (Lipinski definition) is 0. The smallest absolute Gasteiger partial charge is 0.330 e. The molecule has 0 aliphatic carbocycles. The first-order valence-corrected chi connectivity index (χ1v) is 4.82. The number of nitriles is 1. The van der Waals surface area contributed by atoms with E-state index in [4.69, 9.17) is 10.00 Å². The van der Waals surface area contributed by atoms with Gasteiger partial charge in [0, 0.05) is 12.4 Å². The second-order valence-corrected chi connectivity index (χ2v) is 4.23. The number of esters is 1. The molecule has 1 aromatic rings. The van der Waals surface area contributed by atoms with Gasteiger partial charge in [-0.2, -0.15) is 5.26 Å². The highest BCUT2D eigenvalue weighted by Gasteiger charge is 2.27. The maximum absolute atomic E-state index is 11.7. The summed E-state index contributed by atoms with van der Waals surface area (Å²) in [4.78, 5) is 19.4. The summed E-state index contributed by atoms with van der Waals surface area (Å²) in [7, 11) is 0. The van der Waals surface area contributed by atoms with Crippen molar-refractivity contribution in [2.75, 3.05) is 0 Å². The molecule has 0 saturated heterocycles. The molecule has 0 aromatic carbocycles. The van der Waals surface area contributed by atoms with Crippen LogP contribution in [-0.2, 0) is 9.53 Å². The van der Waals surface area contributed by atoms with Crippen LogP contribution in [0.4, 0.5) is 0 Å². The lowest BCUT2D eigenvalue weighted by Gasteiger charge is -2.20.